The van der Waals surface area contributed by atoms with Gasteiger partial charge >= 0.3 is 0 Å². The van der Waals surface area contributed by atoms with Crippen LogP contribution in [0.5, 0.6) is 0 Å². The van der Waals surface area contributed by atoms with E-state index in [1.165, 1.54) is 15.6 Å². The van der Waals surface area contributed by atoms with Crippen LogP contribution in [0.15, 0.2) is 46.7 Å². The van der Waals surface area contributed by atoms with Crippen LogP contribution in [0.2, 0.25) is 0 Å². The van der Waals surface area contributed by atoms with E-state index < -0.39 is 10.0 Å². The predicted octanol–water partition coefficient (Wildman–Crippen LogP) is 3.34. The molecular weight excluding hydrogens is 330 g/mol. The maximum atomic E-state index is 12.7. The normalized spacial score (nSPS) is 19.6. The first-order chi connectivity index (χ1) is 11.0. The molecule has 0 spiro atoms. The van der Waals surface area contributed by atoms with Crippen molar-refractivity contribution in [3.8, 4) is 0 Å². The molecule has 0 unspecified atom stereocenters. The molecule has 1 aliphatic rings. The van der Waals surface area contributed by atoms with Gasteiger partial charge in [-0.15, -0.1) is 11.3 Å². The molecule has 1 aliphatic heterocycles. The summed E-state index contributed by atoms with van der Waals surface area (Å²) in [5.41, 5.74) is 0.975. The molecule has 0 radical (unpaired) electrons. The summed E-state index contributed by atoms with van der Waals surface area (Å²) in [5, 5.41) is 1.91. The molecule has 1 aromatic carbocycles. The molecule has 1 saturated heterocycles. The summed E-state index contributed by atoms with van der Waals surface area (Å²) in [6.07, 6.45) is 1.46. The number of carbonyl (C=O) groups excluding carboxylic acids is 1. The molecule has 0 amide bonds. The number of thiophene rings is 1. The van der Waals surface area contributed by atoms with Crippen LogP contribution < -0.4 is 0 Å². The van der Waals surface area contributed by atoms with E-state index in [0.717, 1.165) is 16.9 Å². The molecule has 0 aliphatic carbocycles. The molecular formula is C17H19NO3S2. The minimum Gasteiger partial charge on any atom is -0.293 e. The van der Waals surface area contributed by atoms with Gasteiger partial charge in [0.1, 0.15) is 0 Å². The third-order valence-corrected chi connectivity index (χ3v) is 7.13. The third-order valence-electron chi connectivity index (χ3n) is 4.22. The number of ketones is 1. The minimum atomic E-state index is -3.52. The van der Waals surface area contributed by atoms with Gasteiger partial charge in [0.25, 0.3) is 0 Å². The van der Waals surface area contributed by atoms with Crippen LogP contribution in [-0.2, 0) is 10.0 Å². The van der Waals surface area contributed by atoms with E-state index in [4.69, 9.17) is 0 Å². The minimum absolute atomic E-state index is 0.0745. The predicted molar refractivity (Wildman–Crippen MR) is 91.3 cm³/mol. The Morgan fingerprint density at radius 2 is 1.96 bits per heavy atom. The Labute approximate surface area is 140 Å². The van der Waals surface area contributed by atoms with Crippen molar-refractivity contribution < 1.29 is 13.2 Å². The average Bonchev–Trinajstić information content (AvgIpc) is 3.01. The van der Waals surface area contributed by atoms with Crippen molar-refractivity contribution in [3.63, 3.8) is 0 Å². The number of hydrogen-bond donors (Lipinski definition) is 0. The smallest absolute Gasteiger partial charge is 0.243 e. The summed E-state index contributed by atoms with van der Waals surface area (Å²) in [6, 6.07) is 10.4. The molecule has 23 heavy (non-hydrogen) atoms. The first kappa shape index (κ1) is 16.4. The van der Waals surface area contributed by atoms with Crippen molar-refractivity contribution in [1.29, 1.82) is 0 Å². The van der Waals surface area contributed by atoms with Crippen LogP contribution in [0.3, 0.4) is 0 Å². The molecule has 2 heterocycles. The van der Waals surface area contributed by atoms with Gasteiger partial charge in [-0.25, -0.2) is 8.42 Å². The van der Waals surface area contributed by atoms with Gasteiger partial charge in [-0.1, -0.05) is 18.2 Å². The van der Waals surface area contributed by atoms with E-state index in [1.54, 1.807) is 30.3 Å². The van der Waals surface area contributed by atoms with Crippen molar-refractivity contribution >= 4 is 27.1 Å². The SMILES string of the molecule is Cc1ccsc1C(=O)[C@@H]1CCCN(S(=O)(=O)c2ccccc2)C1. The third kappa shape index (κ3) is 3.24. The fourth-order valence-electron chi connectivity index (χ4n) is 2.93. The Kier molecular flexibility index (Phi) is 4.66. The lowest BCUT2D eigenvalue weighted by Crippen LogP contribution is -2.42. The van der Waals surface area contributed by atoms with Crippen LogP contribution in [0, 0.1) is 12.8 Å². The summed E-state index contributed by atoms with van der Waals surface area (Å²) in [5.74, 6) is -0.176. The van der Waals surface area contributed by atoms with E-state index in [0.29, 0.717) is 17.9 Å². The monoisotopic (exact) mass is 349 g/mol. The lowest BCUT2D eigenvalue weighted by atomic mass is 9.93. The highest BCUT2D eigenvalue weighted by molar-refractivity contribution is 7.89. The Bertz CT molecular complexity index is 796. The summed E-state index contributed by atoms with van der Waals surface area (Å²) in [6.45, 7) is 2.67. The summed E-state index contributed by atoms with van der Waals surface area (Å²) in [4.78, 5) is 13.7. The second-order valence-electron chi connectivity index (χ2n) is 5.81. The summed E-state index contributed by atoms with van der Waals surface area (Å²) in [7, 11) is -3.52. The highest BCUT2D eigenvalue weighted by atomic mass is 32.2. The van der Waals surface area contributed by atoms with Crippen LogP contribution in [-0.4, -0.2) is 31.6 Å². The van der Waals surface area contributed by atoms with E-state index >= 15 is 0 Å². The maximum Gasteiger partial charge on any atom is 0.243 e. The molecule has 3 rings (SSSR count). The Morgan fingerprint density at radius 1 is 1.22 bits per heavy atom. The van der Waals surface area contributed by atoms with Gasteiger partial charge in [0.2, 0.25) is 10.0 Å². The van der Waals surface area contributed by atoms with Crippen LogP contribution in [0.1, 0.15) is 28.1 Å². The summed E-state index contributed by atoms with van der Waals surface area (Å²) >= 11 is 1.44. The number of hydrogen-bond acceptors (Lipinski definition) is 4. The molecule has 6 heteroatoms. The number of rotatable bonds is 4. The van der Waals surface area contributed by atoms with Gasteiger partial charge in [-0.3, -0.25) is 4.79 Å². The Hall–Kier alpha value is -1.50. The molecule has 0 bridgehead atoms. The highest BCUT2D eigenvalue weighted by Gasteiger charge is 2.34. The zero-order valence-corrected chi connectivity index (χ0v) is 14.6. The van der Waals surface area contributed by atoms with Crippen molar-refractivity contribution in [1.82, 2.24) is 4.31 Å². The highest BCUT2D eigenvalue weighted by Crippen LogP contribution is 2.28. The number of benzene rings is 1. The first-order valence-corrected chi connectivity index (χ1v) is 9.95. The van der Waals surface area contributed by atoms with Gasteiger partial charge in [0.05, 0.1) is 9.77 Å². The van der Waals surface area contributed by atoms with E-state index in [9.17, 15) is 13.2 Å². The molecule has 1 aromatic heterocycles. The second-order valence-corrected chi connectivity index (χ2v) is 8.67. The van der Waals surface area contributed by atoms with Crippen molar-refractivity contribution in [2.75, 3.05) is 13.1 Å². The van der Waals surface area contributed by atoms with Gasteiger partial charge in [-0.05, 0) is 48.9 Å². The number of nitrogens with zero attached hydrogens (tertiary/aromatic N) is 1. The fraction of sp³-hybridized carbons (Fsp3) is 0.353. The van der Waals surface area contributed by atoms with E-state index in [1.807, 2.05) is 18.4 Å². The number of piperidine rings is 1. The standard InChI is InChI=1S/C17H19NO3S2/c1-13-9-11-22-17(13)16(19)14-6-5-10-18(12-14)23(20,21)15-7-3-2-4-8-15/h2-4,7-9,11,14H,5-6,10,12H2,1H3/t14-/m1/s1. The number of sulfonamides is 1. The molecule has 1 fully saturated rings. The van der Waals surface area contributed by atoms with Gasteiger partial charge in [-0.2, -0.15) is 4.31 Å². The van der Waals surface area contributed by atoms with Gasteiger partial charge in [0, 0.05) is 19.0 Å². The lowest BCUT2D eigenvalue weighted by Gasteiger charge is -2.31. The molecule has 0 N–H and O–H groups in total. The Balaban J connectivity index is 1.81. The topological polar surface area (TPSA) is 54.5 Å². The lowest BCUT2D eigenvalue weighted by molar-refractivity contribution is 0.0876. The number of carbonyl (C=O) groups is 1. The quantitative estimate of drug-likeness (QED) is 0.796. The molecule has 2 aromatic rings. The molecule has 1 atom stereocenters. The molecule has 0 saturated carbocycles. The van der Waals surface area contributed by atoms with Gasteiger partial charge < -0.3 is 0 Å². The van der Waals surface area contributed by atoms with E-state index in [2.05, 4.69) is 0 Å². The first-order valence-electron chi connectivity index (χ1n) is 7.63. The molecule has 122 valence electrons. The maximum absolute atomic E-state index is 12.7. The van der Waals surface area contributed by atoms with Crippen LogP contribution in [0.4, 0.5) is 0 Å². The van der Waals surface area contributed by atoms with Crippen molar-refractivity contribution in [3.05, 3.63) is 52.2 Å². The van der Waals surface area contributed by atoms with Crippen molar-refractivity contribution in [2.45, 2.75) is 24.7 Å². The average molecular weight is 349 g/mol. The van der Waals surface area contributed by atoms with Crippen LogP contribution in [0.25, 0.3) is 0 Å². The Morgan fingerprint density at radius 3 is 2.61 bits per heavy atom. The van der Waals surface area contributed by atoms with Crippen molar-refractivity contribution in [2.24, 2.45) is 5.92 Å². The number of Topliss-reactive ketones (excluding diaryl/α,β-unsaturated/α-hetero) is 1. The molecule has 4 nitrogen and oxygen atoms in total. The zero-order chi connectivity index (χ0) is 16.4. The van der Waals surface area contributed by atoms with E-state index in [-0.39, 0.29) is 18.2 Å². The largest absolute Gasteiger partial charge is 0.293 e. The van der Waals surface area contributed by atoms with Gasteiger partial charge in [0.15, 0.2) is 5.78 Å². The number of aryl methyl sites for hydroxylation is 1. The second kappa shape index (κ2) is 6.55. The fourth-order valence-corrected chi connectivity index (χ4v) is 5.42. The zero-order valence-electron chi connectivity index (χ0n) is 12.9. The summed E-state index contributed by atoms with van der Waals surface area (Å²) < 4.78 is 26.9. The van der Waals surface area contributed by atoms with Crippen LogP contribution >= 0.6 is 11.3 Å².